The number of hydrogen-bond acceptors (Lipinski definition) is 5. The van der Waals surface area contributed by atoms with Crippen LogP contribution in [-0.4, -0.2) is 22.0 Å². The molecule has 0 radical (unpaired) electrons. The molecule has 0 bridgehead atoms. The summed E-state index contributed by atoms with van der Waals surface area (Å²) in [6, 6.07) is 8.82. The van der Waals surface area contributed by atoms with Crippen molar-refractivity contribution in [1.29, 1.82) is 0 Å². The van der Waals surface area contributed by atoms with E-state index in [0.717, 1.165) is 5.39 Å². The number of hydrogen-bond donors (Lipinski definition) is 1. The molecule has 0 aliphatic heterocycles. The highest BCUT2D eigenvalue weighted by atomic mass is 16.6. The molecule has 0 aromatic heterocycles. The van der Waals surface area contributed by atoms with E-state index < -0.39 is 16.9 Å². The Bertz CT molecular complexity index is 714. The SMILES string of the molecule is O=NC(CCc1ccc2ccccc2c1[N+](=O)[O-])C(=O)O. The molecule has 0 amide bonds. The summed E-state index contributed by atoms with van der Waals surface area (Å²) >= 11 is 0. The largest absolute Gasteiger partial charge is 0.480 e. The minimum atomic E-state index is -1.39. The fraction of sp³-hybridized carbons (Fsp3) is 0.214. The Balaban J connectivity index is 2.40. The molecule has 0 saturated carbocycles. The Morgan fingerprint density at radius 3 is 2.62 bits per heavy atom. The number of rotatable bonds is 6. The van der Waals surface area contributed by atoms with Crippen LogP contribution in [0.4, 0.5) is 5.69 Å². The number of carboxylic acid groups (broad SMARTS) is 1. The van der Waals surface area contributed by atoms with Crippen LogP contribution in [-0.2, 0) is 11.2 Å². The lowest BCUT2D eigenvalue weighted by atomic mass is 9.99. The van der Waals surface area contributed by atoms with Crippen LogP contribution >= 0.6 is 0 Å². The second-order valence-corrected chi connectivity index (χ2v) is 4.55. The molecule has 108 valence electrons. The molecule has 0 aliphatic rings. The standard InChI is InChI=1S/C14H12N2O5/c17-14(18)12(15-19)8-7-10-6-5-9-3-1-2-4-11(9)13(10)16(20)21/h1-6,12H,7-8H2,(H,17,18). The van der Waals surface area contributed by atoms with Crippen LogP contribution in [0.5, 0.6) is 0 Å². The summed E-state index contributed by atoms with van der Waals surface area (Å²) < 4.78 is 0. The van der Waals surface area contributed by atoms with Gasteiger partial charge >= 0.3 is 5.97 Å². The predicted octanol–water partition coefficient (Wildman–Crippen LogP) is 2.90. The van der Waals surface area contributed by atoms with Crippen LogP contribution in [0.15, 0.2) is 41.6 Å². The number of aliphatic carboxylic acids is 1. The molecule has 0 saturated heterocycles. The molecule has 0 aliphatic carbocycles. The number of nitro groups is 1. The van der Waals surface area contributed by atoms with Gasteiger partial charge in [0, 0.05) is 5.56 Å². The number of carboxylic acids is 1. The molecule has 2 aromatic carbocycles. The van der Waals surface area contributed by atoms with Crippen molar-refractivity contribution in [2.45, 2.75) is 18.9 Å². The molecule has 2 rings (SSSR count). The van der Waals surface area contributed by atoms with E-state index in [1.54, 1.807) is 36.4 Å². The van der Waals surface area contributed by atoms with Crippen molar-refractivity contribution in [2.75, 3.05) is 0 Å². The zero-order valence-electron chi connectivity index (χ0n) is 10.9. The van der Waals surface area contributed by atoms with Gasteiger partial charge in [0.25, 0.3) is 5.69 Å². The van der Waals surface area contributed by atoms with E-state index >= 15 is 0 Å². The molecule has 1 unspecified atom stereocenters. The second kappa shape index (κ2) is 6.08. The van der Waals surface area contributed by atoms with Gasteiger partial charge in [-0.25, -0.2) is 4.79 Å². The van der Waals surface area contributed by atoms with Gasteiger partial charge in [0.15, 0.2) is 6.04 Å². The number of nitroso groups, excluding NO2 is 1. The highest BCUT2D eigenvalue weighted by Gasteiger charge is 2.22. The van der Waals surface area contributed by atoms with Crippen LogP contribution in [0.1, 0.15) is 12.0 Å². The Morgan fingerprint density at radius 1 is 1.29 bits per heavy atom. The lowest BCUT2D eigenvalue weighted by Gasteiger charge is -2.07. The fourth-order valence-electron chi connectivity index (χ4n) is 2.23. The zero-order chi connectivity index (χ0) is 15.4. The van der Waals surface area contributed by atoms with Crippen LogP contribution < -0.4 is 0 Å². The van der Waals surface area contributed by atoms with E-state index in [1.807, 2.05) is 0 Å². The summed E-state index contributed by atoms with van der Waals surface area (Å²) in [7, 11) is 0. The lowest BCUT2D eigenvalue weighted by molar-refractivity contribution is -0.383. The topological polar surface area (TPSA) is 110 Å². The first-order valence-electron chi connectivity index (χ1n) is 6.25. The van der Waals surface area contributed by atoms with E-state index in [0.29, 0.717) is 10.9 Å². The van der Waals surface area contributed by atoms with E-state index in [1.165, 1.54) is 0 Å². The van der Waals surface area contributed by atoms with Gasteiger partial charge in [-0.15, -0.1) is 4.91 Å². The molecular weight excluding hydrogens is 276 g/mol. The summed E-state index contributed by atoms with van der Waals surface area (Å²) in [6.07, 6.45) is 0.0296. The molecule has 0 heterocycles. The third kappa shape index (κ3) is 3.02. The maximum absolute atomic E-state index is 11.3. The van der Waals surface area contributed by atoms with Crippen molar-refractivity contribution in [2.24, 2.45) is 5.18 Å². The van der Waals surface area contributed by atoms with E-state index in [9.17, 15) is 19.8 Å². The van der Waals surface area contributed by atoms with Crippen molar-refractivity contribution >= 4 is 22.4 Å². The summed E-state index contributed by atoms with van der Waals surface area (Å²) in [4.78, 5) is 32.0. The maximum atomic E-state index is 11.3. The Morgan fingerprint density at radius 2 is 2.00 bits per heavy atom. The smallest absolute Gasteiger partial charge is 0.332 e. The molecule has 1 atom stereocenters. The average Bonchev–Trinajstić information content (AvgIpc) is 2.46. The van der Waals surface area contributed by atoms with Gasteiger partial charge in [-0.05, 0) is 24.3 Å². The van der Waals surface area contributed by atoms with Crippen LogP contribution in [0, 0.1) is 15.0 Å². The van der Waals surface area contributed by atoms with E-state index in [2.05, 4.69) is 5.18 Å². The van der Waals surface area contributed by atoms with Gasteiger partial charge in [-0.1, -0.05) is 35.5 Å². The Hall–Kier alpha value is -2.83. The summed E-state index contributed by atoms with van der Waals surface area (Å²) in [6.45, 7) is 0. The highest BCUT2D eigenvalue weighted by Crippen LogP contribution is 2.30. The van der Waals surface area contributed by atoms with Crippen molar-refractivity contribution in [3.8, 4) is 0 Å². The minimum absolute atomic E-state index is 0.0527. The summed E-state index contributed by atoms with van der Waals surface area (Å²) in [5, 5.41) is 23.8. The molecule has 2 aromatic rings. The number of fused-ring (bicyclic) bond motifs is 1. The van der Waals surface area contributed by atoms with Crippen molar-refractivity contribution in [1.82, 2.24) is 0 Å². The zero-order valence-corrected chi connectivity index (χ0v) is 10.9. The van der Waals surface area contributed by atoms with Crippen LogP contribution in [0.25, 0.3) is 10.8 Å². The highest BCUT2D eigenvalue weighted by molar-refractivity contribution is 5.92. The third-order valence-corrected chi connectivity index (χ3v) is 3.27. The van der Waals surface area contributed by atoms with Gasteiger partial charge in [0.2, 0.25) is 0 Å². The molecule has 1 N–H and O–H groups in total. The lowest BCUT2D eigenvalue weighted by Crippen LogP contribution is -2.18. The van der Waals surface area contributed by atoms with Gasteiger partial charge in [0.1, 0.15) is 0 Å². The van der Waals surface area contributed by atoms with Crippen molar-refractivity contribution < 1.29 is 14.8 Å². The number of aryl methyl sites for hydroxylation is 1. The molecule has 0 fully saturated rings. The van der Waals surface area contributed by atoms with Crippen molar-refractivity contribution in [3.63, 3.8) is 0 Å². The van der Waals surface area contributed by atoms with Gasteiger partial charge in [0.05, 0.1) is 10.3 Å². The van der Waals surface area contributed by atoms with Gasteiger partial charge < -0.3 is 5.11 Å². The second-order valence-electron chi connectivity index (χ2n) is 4.55. The normalized spacial score (nSPS) is 12.0. The molecule has 0 spiro atoms. The Labute approximate surface area is 119 Å². The van der Waals surface area contributed by atoms with E-state index in [-0.39, 0.29) is 18.5 Å². The van der Waals surface area contributed by atoms with Crippen LogP contribution in [0.3, 0.4) is 0 Å². The fourth-order valence-corrected chi connectivity index (χ4v) is 2.23. The number of nitrogens with zero attached hydrogens (tertiary/aromatic N) is 2. The number of benzene rings is 2. The first-order chi connectivity index (χ1) is 10.0. The number of nitro benzene ring substituents is 1. The van der Waals surface area contributed by atoms with Gasteiger partial charge in [-0.2, -0.15) is 0 Å². The first-order valence-corrected chi connectivity index (χ1v) is 6.25. The molecular formula is C14H12N2O5. The molecule has 7 heteroatoms. The molecule has 7 nitrogen and oxygen atoms in total. The van der Waals surface area contributed by atoms with Crippen LogP contribution in [0.2, 0.25) is 0 Å². The molecule has 21 heavy (non-hydrogen) atoms. The predicted molar refractivity (Wildman–Crippen MR) is 76.1 cm³/mol. The minimum Gasteiger partial charge on any atom is -0.480 e. The summed E-state index contributed by atoms with van der Waals surface area (Å²) in [5.41, 5.74) is 0.344. The monoisotopic (exact) mass is 288 g/mol. The van der Waals surface area contributed by atoms with Crippen molar-refractivity contribution in [3.05, 3.63) is 57.0 Å². The summed E-state index contributed by atoms with van der Waals surface area (Å²) in [5.74, 6) is -1.33. The first kappa shape index (κ1) is 14.6. The maximum Gasteiger partial charge on any atom is 0.332 e. The quantitative estimate of drug-likeness (QED) is 0.499. The average molecular weight is 288 g/mol. The van der Waals surface area contributed by atoms with Gasteiger partial charge in [-0.3, -0.25) is 10.1 Å². The third-order valence-electron chi connectivity index (χ3n) is 3.27. The van der Waals surface area contributed by atoms with E-state index in [4.69, 9.17) is 5.11 Å². The number of carbonyl (C=O) groups is 1. The Kier molecular flexibility index (Phi) is 4.22.